The fraction of sp³-hybridized carbons (Fsp3) is 0.895. The highest BCUT2D eigenvalue weighted by Gasteiger charge is 2.30. The molecule has 0 saturated heterocycles. The fourth-order valence-electron chi connectivity index (χ4n) is 2.23. The molecule has 0 fully saturated rings. The molecule has 7 nitrogen and oxygen atoms in total. The molecule has 0 aliphatic heterocycles. The number of unbranched alkanes of at least 4 members (excludes halogenated alkanes) is 4. The predicted octanol–water partition coefficient (Wildman–Crippen LogP) is 1.95. The van der Waals surface area contributed by atoms with Crippen molar-refractivity contribution in [1.29, 1.82) is 0 Å². The summed E-state index contributed by atoms with van der Waals surface area (Å²) in [6.07, 6.45) is 3.59. The summed E-state index contributed by atoms with van der Waals surface area (Å²) in [7, 11) is 0. The zero-order valence-corrected chi connectivity index (χ0v) is 16.4. The molecule has 0 aromatic carbocycles. The Bertz CT molecular complexity index is 365. The Balaban J connectivity index is 4.29. The first-order chi connectivity index (χ1) is 12.3. The standard InChI is InChI=1S/C19H36O7/c1-4-6-8-10-15(21)17(23)25-13-19(3,12-20)14-26-18(24)16(22)11-9-7-5-2/h15-16,20-22H,4-14H2,1-3H3. The fourth-order valence-corrected chi connectivity index (χ4v) is 2.23. The zero-order chi connectivity index (χ0) is 20.0. The molecule has 0 amide bonds. The van der Waals surface area contributed by atoms with E-state index in [9.17, 15) is 24.9 Å². The molecular formula is C19H36O7. The Hall–Kier alpha value is -1.18. The first kappa shape index (κ1) is 24.8. The van der Waals surface area contributed by atoms with Gasteiger partial charge in [0.2, 0.25) is 0 Å². The minimum absolute atomic E-state index is 0.188. The van der Waals surface area contributed by atoms with E-state index in [1.807, 2.05) is 13.8 Å². The molecular weight excluding hydrogens is 340 g/mol. The molecule has 0 rings (SSSR count). The molecule has 0 heterocycles. The van der Waals surface area contributed by atoms with Gasteiger partial charge in [-0.25, -0.2) is 9.59 Å². The second-order valence-electron chi connectivity index (χ2n) is 7.21. The maximum absolute atomic E-state index is 11.8. The van der Waals surface area contributed by atoms with Crippen LogP contribution in [0.5, 0.6) is 0 Å². The SMILES string of the molecule is CCCCCC(O)C(=O)OCC(C)(CO)COC(=O)C(O)CCCCC. The smallest absolute Gasteiger partial charge is 0.334 e. The molecule has 0 saturated carbocycles. The van der Waals surface area contributed by atoms with Gasteiger partial charge < -0.3 is 24.8 Å². The lowest BCUT2D eigenvalue weighted by Crippen LogP contribution is -2.38. The van der Waals surface area contributed by atoms with Crippen LogP contribution in [0.1, 0.15) is 72.1 Å². The maximum atomic E-state index is 11.8. The van der Waals surface area contributed by atoms with Gasteiger partial charge in [-0.1, -0.05) is 59.3 Å². The van der Waals surface area contributed by atoms with E-state index in [1.165, 1.54) is 0 Å². The van der Waals surface area contributed by atoms with Crippen LogP contribution in [0.25, 0.3) is 0 Å². The van der Waals surface area contributed by atoms with E-state index in [0.717, 1.165) is 38.5 Å². The zero-order valence-electron chi connectivity index (χ0n) is 16.4. The average Bonchev–Trinajstić information content (AvgIpc) is 2.64. The minimum Gasteiger partial charge on any atom is -0.463 e. The Labute approximate surface area is 156 Å². The monoisotopic (exact) mass is 376 g/mol. The molecule has 0 aromatic rings. The first-order valence-electron chi connectivity index (χ1n) is 9.60. The van der Waals surface area contributed by atoms with Crippen LogP contribution in [0.15, 0.2) is 0 Å². The van der Waals surface area contributed by atoms with Crippen LogP contribution in [-0.2, 0) is 19.1 Å². The van der Waals surface area contributed by atoms with Crippen LogP contribution in [0.3, 0.4) is 0 Å². The highest BCUT2D eigenvalue weighted by atomic mass is 16.6. The Morgan fingerprint density at radius 2 is 1.23 bits per heavy atom. The van der Waals surface area contributed by atoms with Gasteiger partial charge in [-0.15, -0.1) is 0 Å². The molecule has 0 radical (unpaired) electrons. The molecule has 26 heavy (non-hydrogen) atoms. The van der Waals surface area contributed by atoms with E-state index < -0.39 is 29.6 Å². The van der Waals surface area contributed by atoms with Crippen molar-refractivity contribution in [3.05, 3.63) is 0 Å². The number of ether oxygens (including phenoxy) is 2. The van der Waals surface area contributed by atoms with Crippen molar-refractivity contribution in [2.24, 2.45) is 5.41 Å². The first-order valence-corrected chi connectivity index (χ1v) is 9.60. The summed E-state index contributed by atoms with van der Waals surface area (Å²) in [5, 5.41) is 29.0. The Morgan fingerprint density at radius 1 is 0.846 bits per heavy atom. The molecule has 0 spiro atoms. The van der Waals surface area contributed by atoms with Crippen molar-refractivity contribution in [1.82, 2.24) is 0 Å². The predicted molar refractivity (Wildman–Crippen MR) is 97.4 cm³/mol. The third kappa shape index (κ3) is 10.7. The molecule has 0 aromatic heterocycles. The van der Waals surface area contributed by atoms with Crippen LogP contribution in [-0.4, -0.2) is 59.3 Å². The highest BCUT2D eigenvalue weighted by molar-refractivity contribution is 5.74. The number of carbonyl (C=O) groups excluding carboxylic acids is 2. The Morgan fingerprint density at radius 3 is 1.54 bits per heavy atom. The summed E-state index contributed by atoms with van der Waals surface area (Å²) >= 11 is 0. The number of hydrogen-bond donors (Lipinski definition) is 3. The van der Waals surface area contributed by atoms with Gasteiger partial charge in [-0.3, -0.25) is 0 Å². The summed E-state index contributed by atoms with van der Waals surface area (Å²) in [5.74, 6) is -1.49. The van der Waals surface area contributed by atoms with Crippen molar-refractivity contribution < 1.29 is 34.4 Å². The van der Waals surface area contributed by atoms with Crippen molar-refractivity contribution in [2.75, 3.05) is 19.8 Å². The summed E-state index contributed by atoms with van der Waals surface area (Å²) in [6, 6.07) is 0. The van der Waals surface area contributed by atoms with E-state index >= 15 is 0 Å². The van der Waals surface area contributed by atoms with Gasteiger partial charge in [0.15, 0.2) is 12.2 Å². The second-order valence-corrected chi connectivity index (χ2v) is 7.21. The van der Waals surface area contributed by atoms with Crippen LogP contribution in [0, 0.1) is 5.41 Å². The van der Waals surface area contributed by atoms with E-state index in [2.05, 4.69) is 0 Å². The topological polar surface area (TPSA) is 113 Å². The maximum Gasteiger partial charge on any atom is 0.334 e. The summed E-state index contributed by atoms with van der Waals surface area (Å²) in [6.45, 7) is 4.91. The molecule has 0 aliphatic carbocycles. The minimum atomic E-state index is -1.19. The normalized spacial score (nSPS) is 15.8. The van der Waals surface area contributed by atoms with Crippen molar-refractivity contribution >= 4 is 11.9 Å². The molecule has 3 N–H and O–H groups in total. The molecule has 2 atom stereocenters. The van der Waals surface area contributed by atoms with Crippen LogP contribution in [0.2, 0.25) is 0 Å². The Kier molecular flexibility index (Phi) is 13.3. The third-order valence-corrected chi connectivity index (χ3v) is 4.21. The molecule has 7 heteroatoms. The number of hydrogen-bond acceptors (Lipinski definition) is 7. The van der Waals surface area contributed by atoms with E-state index in [0.29, 0.717) is 12.8 Å². The van der Waals surface area contributed by atoms with Gasteiger partial charge in [0, 0.05) is 0 Å². The van der Waals surface area contributed by atoms with E-state index in [4.69, 9.17) is 9.47 Å². The molecule has 154 valence electrons. The molecule has 2 unspecified atom stereocenters. The van der Waals surface area contributed by atoms with Crippen molar-refractivity contribution in [2.45, 2.75) is 84.3 Å². The van der Waals surface area contributed by atoms with Gasteiger partial charge in [-0.05, 0) is 12.8 Å². The van der Waals surface area contributed by atoms with Crippen LogP contribution < -0.4 is 0 Å². The van der Waals surface area contributed by atoms with Crippen molar-refractivity contribution in [3.8, 4) is 0 Å². The van der Waals surface area contributed by atoms with Crippen LogP contribution >= 0.6 is 0 Å². The highest BCUT2D eigenvalue weighted by Crippen LogP contribution is 2.18. The number of rotatable bonds is 15. The lowest BCUT2D eigenvalue weighted by atomic mass is 9.94. The lowest BCUT2D eigenvalue weighted by molar-refractivity contribution is -0.165. The molecule has 0 aliphatic rings. The quantitative estimate of drug-likeness (QED) is 0.296. The van der Waals surface area contributed by atoms with E-state index in [1.54, 1.807) is 6.92 Å². The van der Waals surface area contributed by atoms with Crippen LogP contribution in [0.4, 0.5) is 0 Å². The van der Waals surface area contributed by atoms with Gasteiger partial charge in [0.05, 0.1) is 12.0 Å². The summed E-state index contributed by atoms with van der Waals surface area (Å²) in [5.41, 5.74) is -0.988. The van der Waals surface area contributed by atoms with Gasteiger partial charge in [-0.2, -0.15) is 0 Å². The van der Waals surface area contributed by atoms with Gasteiger partial charge >= 0.3 is 11.9 Å². The van der Waals surface area contributed by atoms with Gasteiger partial charge in [0.25, 0.3) is 0 Å². The largest absolute Gasteiger partial charge is 0.463 e. The number of carbonyl (C=O) groups is 2. The van der Waals surface area contributed by atoms with Crippen molar-refractivity contribution in [3.63, 3.8) is 0 Å². The lowest BCUT2D eigenvalue weighted by Gasteiger charge is -2.27. The number of aliphatic hydroxyl groups is 3. The third-order valence-electron chi connectivity index (χ3n) is 4.21. The number of aliphatic hydroxyl groups excluding tert-OH is 3. The average molecular weight is 376 g/mol. The second kappa shape index (κ2) is 13.9. The van der Waals surface area contributed by atoms with E-state index in [-0.39, 0.29) is 19.8 Å². The summed E-state index contributed by atoms with van der Waals surface area (Å²) in [4.78, 5) is 23.6. The summed E-state index contributed by atoms with van der Waals surface area (Å²) < 4.78 is 10.1. The van der Waals surface area contributed by atoms with Gasteiger partial charge in [0.1, 0.15) is 13.2 Å². The molecule has 0 bridgehead atoms. The number of esters is 2.